The molecule has 3 aromatic heterocycles. The number of rotatable bonds is 3. The highest BCUT2D eigenvalue weighted by atomic mass is 35.5. The van der Waals surface area contributed by atoms with Crippen LogP contribution in [-0.2, 0) is 4.79 Å². The molecule has 1 fully saturated rings. The molecule has 1 aliphatic heterocycles. The second-order valence-electron chi connectivity index (χ2n) is 6.56. The monoisotopic (exact) mass is 387 g/mol. The zero-order valence-electron chi connectivity index (χ0n) is 14.3. The number of hydrogen-bond donors (Lipinski definition) is 4. The van der Waals surface area contributed by atoms with Crippen LogP contribution in [-0.4, -0.2) is 49.7 Å². The molecule has 3 aromatic rings. The molecule has 0 atom stereocenters. The number of carbonyl (C=O) groups excluding carboxylic acids is 1. The number of amides is 1. The number of pyridine rings is 1. The molecule has 0 spiro atoms. The number of hydrogen-bond acceptors (Lipinski definition) is 8. The molecule has 10 nitrogen and oxygen atoms in total. The van der Waals surface area contributed by atoms with Crippen LogP contribution < -0.4 is 22.1 Å². The first-order chi connectivity index (χ1) is 12.9. The number of primary amides is 1. The minimum Gasteiger partial charge on any atom is -0.382 e. The first-order valence-electron chi connectivity index (χ1n) is 8.34. The van der Waals surface area contributed by atoms with Gasteiger partial charge in [0.25, 0.3) is 0 Å². The number of nitrogens with two attached hydrogens (primary N) is 3. The maximum Gasteiger partial charge on any atom is 0.237 e. The van der Waals surface area contributed by atoms with E-state index in [2.05, 4.69) is 25.1 Å². The smallest absolute Gasteiger partial charge is 0.237 e. The topological polar surface area (TPSA) is 166 Å². The van der Waals surface area contributed by atoms with Crippen molar-refractivity contribution in [2.45, 2.75) is 18.4 Å². The third-order valence-electron chi connectivity index (χ3n) is 4.91. The molecule has 1 saturated heterocycles. The number of nitrogens with one attached hydrogen (secondary N) is 1. The molecule has 1 amide bonds. The highest BCUT2D eigenvalue weighted by Crippen LogP contribution is 2.33. The zero-order valence-corrected chi connectivity index (χ0v) is 15.1. The van der Waals surface area contributed by atoms with Crippen LogP contribution in [0.4, 0.5) is 11.6 Å². The van der Waals surface area contributed by atoms with Crippen LogP contribution in [0, 0.1) is 0 Å². The Balaban J connectivity index is 1.64. The molecular weight excluding hydrogens is 370 g/mol. The minimum absolute atomic E-state index is 0.231. The van der Waals surface area contributed by atoms with Gasteiger partial charge in [-0.2, -0.15) is 5.10 Å². The Morgan fingerprint density at radius 2 is 2.04 bits per heavy atom. The molecule has 0 saturated carbocycles. The number of halogens is 1. The highest BCUT2D eigenvalue weighted by Gasteiger charge is 2.36. The molecule has 4 rings (SSSR count). The van der Waals surface area contributed by atoms with Crippen molar-refractivity contribution >= 4 is 40.3 Å². The molecule has 1 aliphatic rings. The van der Waals surface area contributed by atoms with Gasteiger partial charge in [0.1, 0.15) is 17.2 Å². The van der Waals surface area contributed by atoms with E-state index < -0.39 is 11.4 Å². The van der Waals surface area contributed by atoms with Gasteiger partial charge in [0.2, 0.25) is 11.6 Å². The number of carbonyl (C=O) groups is 1. The molecule has 0 aliphatic carbocycles. The number of nitrogen functional groups attached to an aromatic ring is 1. The van der Waals surface area contributed by atoms with E-state index in [4.69, 9.17) is 28.8 Å². The lowest BCUT2D eigenvalue weighted by molar-refractivity contribution is -0.123. The number of nitrogens with zero attached hydrogens (tertiary/aromatic N) is 5. The van der Waals surface area contributed by atoms with Gasteiger partial charge in [0, 0.05) is 24.8 Å². The van der Waals surface area contributed by atoms with E-state index in [1.807, 2.05) is 4.90 Å². The second kappa shape index (κ2) is 6.32. The second-order valence-corrected chi connectivity index (χ2v) is 6.94. The van der Waals surface area contributed by atoms with Crippen molar-refractivity contribution < 1.29 is 4.79 Å². The standard InChI is InChI=1S/C16H18ClN9O/c17-10-8(1-4-21-13(10)18)11-12-14(25-24-11)23-9(7-22-12)26-5-2-16(20,3-6-26)15(19)27/h1,4,7H,2-3,5-6,20H2,(H2,18,21)(H2,19,27)(H,23,24,25). The van der Waals surface area contributed by atoms with Crippen LogP contribution >= 0.6 is 11.6 Å². The Morgan fingerprint density at radius 1 is 1.30 bits per heavy atom. The van der Waals surface area contributed by atoms with Crippen molar-refractivity contribution in [2.24, 2.45) is 11.5 Å². The first-order valence-corrected chi connectivity index (χ1v) is 8.72. The molecule has 0 radical (unpaired) electrons. The maximum atomic E-state index is 11.5. The van der Waals surface area contributed by atoms with E-state index >= 15 is 0 Å². The van der Waals surface area contributed by atoms with Crippen LogP contribution in [0.15, 0.2) is 18.5 Å². The van der Waals surface area contributed by atoms with E-state index in [0.717, 1.165) is 0 Å². The average molecular weight is 388 g/mol. The van der Waals surface area contributed by atoms with Gasteiger partial charge in [-0.3, -0.25) is 9.89 Å². The predicted molar refractivity (Wildman–Crippen MR) is 102 cm³/mol. The maximum absolute atomic E-state index is 11.5. The van der Waals surface area contributed by atoms with E-state index in [1.54, 1.807) is 18.5 Å². The average Bonchev–Trinajstić information content (AvgIpc) is 3.07. The Labute approximate surface area is 159 Å². The Hall–Kier alpha value is -2.98. The van der Waals surface area contributed by atoms with E-state index in [-0.39, 0.29) is 5.82 Å². The molecule has 4 heterocycles. The lowest BCUT2D eigenvalue weighted by Crippen LogP contribution is -2.58. The van der Waals surface area contributed by atoms with Crippen molar-refractivity contribution in [2.75, 3.05) is 23.7 Å². The van der Waals surface area contributed by atoms with Crippen molar-refractivity contribution in [1.29, 1.82) is 0 Å². The van der Waals surface area contributed by atoms with Crippen LogP contribution in [0.25, 0.3) is 22.4 Å². The third kappa shape index (κ3) is 2.92. The fourth-order valence-corrected chi connectivity index (χ4v) is 3.37. The molecule has 140 valence electrons. The summed E-state index contributed by atoms with van der Waals surface area (Å²) in [5, 5.41) is 7.48. The van der Waals surface area contributed by atoms with Gasteiger partial charge in [-0.1, -0.05) is 11.6 Å². The molecule has 7 N–H and O–H groups in total. The Bertz CT molecular complexity index is 1030. The lowest BCUT2D eigenvalue weighted by Gasteiger charge is -2.37. The minimum atomic E-state index is -0.967. The molecular formula is C16H18ClN9O. The van der Waals surface area contributed by atoms with Gasteiger partial charge in [-0.15, -0.1) is 0 Å². The number of H-pyrrole nitrogens is 1. The fraction of sp³-hybridized carbons (Fsp3) is 0.312. The van der Waals surface area contributed by atoms with Crippen LogP contribution in [0.2, 0.25) is 5.02 Å². The Kier molecular flexibility index (Phi) is 4.08. The van der Waals surface area contributed by atoms with E-state index in [1.165, 1.54) is 0 Å². The van der Waals surface area contributed by atoms with Gasteiger partial charge in [0.05, 0.1) is 22.5 Å². The van der Waals surface area contributed by atoms with E-state index in [0.29, 0.717) is 59.2 Å². The summed E-state index contributed by atoms with van der Waals surface area (Å²) in [5.41, 5.74) is 18.5. The first kappa shape index (κ1) is 17.4. The number of anilines is 2. The summed E-state index contributed by atoms with van der Waals surface area (Å²) in [7, 11) is 0. The van der Waals surface area contributed by atoms with Gasteiger partial charge in [-0.05, 0) is 18.9 Å². The lowest BCUT2D eigenvalue weighted by atomic mass is 9.88. The highest BCUT2D eigenvalue weighted by molar-refractivity contribution is 6.35. The van der Waals surface area contributed by atoms with Gasteiger partial charge in [-0.25, -0.2) is 15.0 Å². The summed E-state index contributed by atoms with van der Waals surface area (Å²) < 4.78 is 0. The van der Waals surface area contributed by atoms with Crippen LogP contribution in [0.5, 0.6) is 0 Å². The van der Waals surface area contributed by atoms with Crippen molar-refractivity contribution in [3.8, 4) is 11.3 Å². The van der Waals surface area contributed by atoms with Crippen molar-refractivity contribution in [1.82, 2.24) is 25.1 Å². The normalized spacial score (nSPS) is 16.6. The van der Waals surface area contributed by atoms with E-state index in [9.17, 15) is 4.79 Å². The molecule has 0 aromatic carbocycles. The number of aromatic nitrogens is 5. The summed E-state index contributed by atoms with van der Waals surface area (Å²) in [4.78, 5) is 26.5. The molecule has 27 heavy (non-hydrogen) atoms. The molecule has 11 heteroatoms. The quantitative estimate of drug-likeness (QED) is 0.502. The zero-order chi connectivity index (χ0) is 19.2. The summed E-state index contributed by atoms with van der Waals surface area (Å²) >= 11 is 6.25. The molecule has 0 unspecified atom stereocenters. The van der Waals surface area contributed by atoms with Crippen LogP contribution in [0.3, 0.4) is 0 Å². The third-order valence-corrected chi connectivity index (χ3v) is 5.30. The summed E-state index contributed by atoms with van der Waals surface area (Å²) in [5.74, 6) is 0.413. The summed E-state index contributed by atoms with van der Waals surface area (Å²) in [6, 6.07) is 1.73. The number of piperidine rings is 1. The van der Waals surface area contributed by atoms with Crippen LogP contribution in [0.1, 0.15) is 12.8 Å². The summed E-state index contributed by atoms with van der Waals surface area (Å²) in [6.45, 7) is 1.12. The predicted octanol–water partition coefficient (Wildman–Crippen LogP) is 0.433. The van der Waals surface area contributed by atoms with Crippen molar-refractivity contribution in [3.05, 3.63) is 23.5 Å². The fourth-order valence-electron chi connectivity index (χ4n) is 3.16. The van der Waals surface area contributed by atoms with Gasteiger partial charge < -0.3 is 22.1 Å². The van der Waals surface area contributed by atoms with Gasteiger partial charge in [0.15, 0.2) is 0 Å². The SMILES string of the molecule is NC(=O)C1(N)CCN(c2cnc3c(-c4ccnc(N)c4Cl)[nH]nc3n2)CC1. The molecule has 0 bridgehead atoms. The summed E-state index contributed by atoms with van der Waals surface area (Å²) in [6.07, 6.45) is 4.14. The van der Waals surface area contributed by atoms with Gasteiger partial charge >= 0.3 is 0 Å². The number of aromatic amines is 1. The largest absolute Gasteiger partial charge is 0.382 e. The van der Waals surface area contributed by atoms with Crippen molar-refractivity contribution in [3.63, 3.8) is 0 Å². The number of fused-ring (bicyclic) bond motifs is 1. The Morgan fingerprint density at radius 3 is 2.74 bits per heavy atom.